The molecule has 14 heavy (non-hydrogen) atoms. The lowest BCUT2D eigenvalue weighted by molar-refractivity contribution is -0.384. The van der Waals surface area contributed by atoms with E-state index >= 15 is 0 Å². The van der Waals surface area contributed by atoms with Crippen LogP contribution in [0, 0.1) is 17.0 Å². The summed E-state index contributed by atoms with van der Waals surface area (Å²) in [6.45, 7) is 1.90. The van der Waals surface area contributed by atoms with Gasteiger partial charge in [0.2, 0.25) is 0 Å². The summed E-state index contributed by atoms with van der Waals surface area (Å²) in [6, 6.07) is 3.54. The van der Waals surface area contributed by atoms with Crippen molar-refractivity contribution in [1.82, 2.24) is 0 Å². The third kappa shape index (κ3) is 2.04. The van der Waals surface area contributed by atoms with Crippen molar-refractivity contribution in [2.75, 3.05) is 19.0 Å². The van der Waals surface area contributed by atoms with Crippen LogP contribution in [0.1, 0.15) is 5.56 Å². The molecule has 0 fully saturated rings. The van der Waals surface area contributed by atoms with Crippen molar-refractivity contribution in [2.45, 2.75) is 6.92 Å². The van der Waals surface area contributed by atoms with Crippen LogP contribution in [-0.4, -0.2) is 19.0 Å². The van der Waals surface area contributed by atoms with Crippen molar-refractivity contribution in [2.24, 2.45) is 0 Å². The van der Waals surface area contributed by atoms with E-state index in [1.165, 1.54) is 0 Å². The molecule has 0 bridgehead atoms. The summed E-state index contributed by atoms with van der Waals surface area (Å²) in [5.41, 5.74) is 1.72. The zero-order valence-corrected chi connectivity index (χ0v) is 9.83. The topological polar surface area (TPSA) is 46.4 Å². The Morgan fingerprint density at radius 2 is 2.00 bits per heavy atom. The molecule has 0 saturated carbocycles. The molecule has 0 aliphatic carbocycles. The molecule has 76 valence electrons. The molecule has 0 radical (unpaired) electrons. The Kier molecular flexibility index (Phi) is 3.10. The number of hydrogen-bond acceptors (Lipinski definition) is 3. The lowest BCUT2D eigenvalue weighted by Gasteiger charge is -2.14. The van der Waals surface area contributed by atoms with Crippen LogP contribution in [0.4, 0.5) is 11.4 Å². The summed E-state index contributed by atoms with van der Waals surface area (Å²) in [4.78, 5) is 12.2. The van der Waals surface area contributed by atoms with Crippen LogP contribution >= 0.6 is 15.9 Å². The first kappa shape index (κ1) is 11.0. The van der Waals surface area contributed by atoms with E-state index < -0.39 is 0 Å². The number of aryl methyl sites for hydroxylation is 1. The SMILES string of the molecule is Cc1cc(Br)c([N+](=O)[O-])c(N(C)C)c1. The summed E-state index contributed by atoms with van der Waals surface area (Å²) < 4.78 is 0.520. The molecule has 0 aliphatic heterocycles. The molecule has 0 heterocycles. The average molecular weight is 259 g/mol. The minimum Gasteiger partial charge on any atom is -0.372 e. The Labute approximate surface area is 90.8 Å². The van der Waals surface area contributed by atoms with Crippen molar-refractivity contribution >= 4 is 27.3 Å². The first-order chi connectivity index (χ1) is 6.43. The minimum absolute atomic E-state index is 0.112. The van der Waals surface area contributed by atoms with E-state index in [1.54, 1.807) is 31.1 Å². The van der Waals surface area contributed by atoms with Gasteiger partial charge in [0, 0.05) is 14.1 Å². The van der Waals surface area contributed by atoms with E-state index in [9.17, 15) is 10.1 Å². The molecule has 0 saturated heterocycles. The summed E-state index contributed by atoms with van der Waals surface area (Å²) >= 11 is 3.20. The normalized spacial score (nSPS) is 10.0. The Morgan fingerprint density at radius 3 is 2.43 bits per heavy atom. The van der Waals surface area contributed by atoms with Gasteiger partial charge in [-0.25, -0.2) is 0 Å². The number of anilines is 1. The standard InChI is InChI=1S/C9H11BrN2O2/c1-6-4-7(10)9(12(13)14)8(5-6)11(2)3/h4-5H,1-3H3. The number of hydrogen-bond donors (Lipinski definition) is 0. The fourth-order valence-electron chi connectivity index (χ4n) is 1.24. The molecule has 0 amide bonds. The molecular formula is C9H11BrN2O2. The zero-order valence-electron chi connectivity index (χ0n) is 8.24. The maximum atomic E-state index is 10.8. The Bertz CT molecular complexity index is 377. The zero-order chi connectivity index (χ0) is 10.9. The maximum Gasteiger partial charge on any atom is 0.306 e. The predicted octanol–water partition coefficient (Wildman–Crippen LogP) is 2.73. The van der Waals surface area contributed by atoms with E-state index in [2.05, 4.69) is 15.9 Å². The quantitative estimate of drug-likeness (QED) is 0.606. The van der Waals surface area contributed by atoms with E-state index in [1.807, 2.05) is 6.92 Å². The third-order valence-corrected chi connectivity index (χ3v) is 2.46. The monoisotopic (exact) mass is 258 g/mol. The van der Waals surface area contributed by atoms with Gasteiger partial charge >= 0.3 is 5.69 Å². The van der Waals surface area contributed by atoms with Gasteiger partial charge in [-0.3, -0.25) is 10.1 Å². The van der Waals surface area contributed by atoms with Crippen molar-refractivity contribution in [3.05, 3.63) is 32.3 Å². The van der Waals surface area contributed by atoms with E-state index in [-0.39, 0.29) is 10.6 Å². The van der Waals surface area contributed by atoms with Gasteiger partial charge in [-0.2, -0.15) is 0 Å². The first-order valence-corrected chi connectivity index (χ1v) is 4.84. The minimum atomic E-state index is -0.376. The number of halogens is 1. The second kappa shape index (κ2) is 3.96. The molecule has 1 aromatic rings. The molecule has 0 aromatic heterocycles. The highest BCUT2D eigenvalue weighted by molar-refractivity contribution is 9.10. The third-order valence-electron chi connectivity index (χ3n) is 1.85. The van der Waals surface area contributed by atoms with Gasteiger partial charge in [-0.1, -0.05) is 0 Å². The van der Waals surface area contributed by atoms with E-state index in [0.29, 0.717) is 10.2 Å². The number of nitro groups is 1. The number of nitro benzene ring substituents is 1. The second-order valence-corrected chi connectivity index (χ2v) is 4.12. The summed E-state index contributed by atoms with van der Waals surface area (Å²) in [7, 11) is 3.57. The average Bonchev–Trinajstić information content (AvgIpc) is 2.01. The fraction of sp³-hybridized carbons (Fsp3) is 0.333. The van der Waals surface area contributed by atoms with Crippen LogP contribution in [-0.2, 0) is 0 Å². The lowest BCUT2D eigenvalue weighted by Crippen LogP contribution is -2.11. The number of nitrogens with zero attached hydrogens (tertiary/aromatic N) is 2. The molecule has 1 aromatic carbocycles. The van der Waals surface area contributed by atoms with Crippen LogP contribution in [0.25, 0.3) is 0 Å². The largest absolute Gasteiger partial charge is 0.372 e. The molecule has 5 heteroatoms. The van der Waals surface area contributed by atoms with Gasteiger partial charge in [-0.15, -0.1) is 0 Å². The van der Waals surface area contributed by atoms with Crippen molar-refractivity contribution in [3.63, 3.8) is 0 Å². The maximum absolute atomic E-state index is 10.8. The lowest BCUT2D eigenvalue weighted by atomic mass is 10.2. The van der Waals surface area contributed by atoms with Gasteiger partial charge in [-0.05, 0) is 40.5 Å². The number of benzene rings is 1. The van der Waals surface area contributed by atoms with Crippen LogP contribution in [0.5, 0.6) is 0 Å². The van der Waals surface area contributed by atoms with Gasteiger partial charge in [0.1, 0.15) is 5.69 Å². The Hall–Kier alpha value is -1.10. The molecule has 0 aliphatic rings. The molecule has 0 spiro atoms. The van der Waals surface area contributed by atoms with Crippen molar-refractivity contribution in [1.29, 1.82) is 0 Å². The van der Waals surface area contributed by atoms with E-state index in [0.717, 1.165) is 5.56 Å². The fourth-order valence-corrected chi connectivity index (χ4v) is 1.95. The van der Waals surface area contributed by atoms with Crippen LogP contribution in [0.3, 0.4) is 0 Å². The highest BCUT2D eigenvalue weighted by atomic mass is 79.9. The van der Waals surface area contributed by atoms with Gasteiger partial charge in [0.25, 0.3) is 0 Å². The van der Waals surface area contributed by atoms with Gasteiger partial charge < -0.3 is 4.90 Å². The highest BCUT2D eigenvalue weighted by Crippen LogP contribution is 2.35. The second-order valence-electron chi connectivity index (χ2n) is 3.27. The molecule has 4 nitrogen and oxygen atoms in total. The summed E-state index contributed by atoms with van der Waals surface area (Å²) in [5.74, 6) is 0. The van der Waals surface area contributed by atoms with Crippen molar-refractivity contribution in [3.8, 4) is 0 Å². The highest BCUT2D eigenvalue weighted by Gasteiger charge is 2.20. The van der Waals surface area contributed by atoms with E-state index in [4.69, 9.17) is 0 Å². The predicted molar refractivity (Wildman–Crippen MR) is 59.9 cm³/mol. The van der Waals surface area contributed by atoms with Crippen molar-refractivity contribution < 1.29 is 4.92 Å². The van der Waals surface area contributed by atoms with Gasteiger partial charge in [0.15, 0.2) is 0 Å². The molecule has 0 atom stereocenters. The van der Waals surface area contributed by atoms with Crippen LogP contribution in [0.15, 0.2) is 16.6 Å². The Balaban J connectivity index is 3.44. The molecule has 0 N–H and O–H groups in total. The summed E-state index contributed by atoms with van der Waals surface area (Å²) in [6.07, 6.45) is 0. The summed E-state index contributed by atoms with van der Waals surface area (Å²) in [5, 5.41) is 10.8. The first-order valence-electron chi connectivity index (χ1n) is 4.05. The smallest absolute Gasteiger partial charge is 0.306 e. The molecule has 1 rings (SSSR count). The molecule has 0 unspecified atom stereocenters. The number of rotatable bonds is 2. The van der Waals surface area contributed by atoms with Crippen LogP contribution < -0.4 is 4.90 Å². The molecular weight excluding hydrogens is 248 g/mol. The Morgan fingerprint density at radius 1 is 1.43 bits per heavy atom. The van der Waals surface area contributed by atoms with Gasteiger partial charge in [0.05, 0.1) is 9.40 Å². The van der Waals surface area contributed by atoms with Crippen LogP contribution in [0.2, 0.25) is 0 Å².